The van der Waals surface area contributed by atoms with Crippen LogP contribution >= 0.6 is 0 Å². The molecule has 4 nitrogen and oxygen atoms in total. The predicted octanol–water partition coefficient (Wildman–Crippen LogP) is 3.95. The van der Waals surface area contributed by atoms with Crippen molar-refractivity contribution in [3.8, 4) is 0 Å². The number of carbonyl (C=O) groups excluding carboxylic acids is 2. The summed E-state index contributed by atoms with van der Waals surface area (Å²) in [6, 6.07) is 20.2. The summed E-state index contributed by atoms with van der Waals surface area (Å²) in [6.07, 6.45) is 2.24. The van der Waals surface area contributed by atoms with Crippen molar-refractivity contribution in [2.24, 2.45) is 5.92 Å². The first-order valence-electron chi connectivity index (χ1n) is 10.2. The molecule has 0 radical (unpaired) electrons. The second kappa shape index (κ2) is 9.65. The van der Waals surface area contributed by atoms with Crippen molar-refractivity contribution in [2.75, 3.05) is 24.5 Å². The average molecular weight is 379 g/mol. The maximum absolute atomic E-state index is 12.8. The number of anilines is 1. The Hall–Kier alpha value is -2.46. The molecule has 2 unspecified atom stereocenters. The van der Waals surface area contributed by atoms with E-state index in [1.165, 1.54) is 5.56 Å². The highest BCUT2D eigenvalue weighted by atomic mass is 16.2. The number of ketones is 1. The number of rotatable bonds is 7. The van der Waals surface area contributed by atoms with Gasteiger partial charge in [0, 0.05) is 37.8 Å². The summed E-state index contributed by atoms with van der Waals surface area (Å²) in [6.45, 7) is 6.11. The molecule has 2 atom stereocenters. The molecule has 1 amide bonds. The van der Waals surface area contributed by atoms with E-state index < -0.39 is 0 Å². The summed E-state index contributed by atoms with van der Waals surface area (Å²) in [5.41, 5.74) is 2.21. The van der Waals surface area contributed by atoms with Crippen LogP contribution in [0.15, 0.2) is 60.7 Å². The molecule has 1 saturated heterocycles. The lowest BCUT2D eigenvalue weighted by Gasteiger charge is -2.43. The van der Waals surface area contributed by atoms with Gasteiger partial charge in [0.05, 0.1) is 5.92 Å². The van der Waals surface area contributed by atoms with Crippen molar-refractivity contribution < 1.29 is 9.59 Å². The molecule has 0 aromatic heterocycles. The highest BCUT2D eigenvalue weighted by Crippen LogP contribution is 2.29. The number of Topliss-reactive ketones (excluding diaryl/α,β-unsaturated/α-hetero) is 1. The van der Waals surface area contributed by atoms with Crippen LogP contribution in [-0.4, -0.2) is 42.3 Å². The fourth-order valence-corrected chi connectivity index (χ4v) is 4.13. The smallest absolute Gasteiger partial charge is 0.226 e. The monoisotopic (exact) mass is 378 g/mol. The first kappa shape index (κ1) is 20.3. The van der Waals surface area contributed by atoms with Gasteiger partial charge >= 0.3 is 0 Å². The summed E-state index contributed by atoms with van der Waals surface area (Å²) in [5.74, 6) is 0.0969. The molecule has 1 fully saturated rings. The second-order valence-electron chi connectivity index (χ2n) is 7.56. The van der Waals surface area contributed by atoms with Crippen molar-refractivity contribution in [2.45, 2.75) is 39.2 Å². The minimum Gasteiger partial charge on any atom is -0.309 e. The van der Waals surface area contributed by atoms with Gasteiger partial charge in [-0.05, 0) is 37.5 Å². The molecule has 148 valence electrons. The van der Waals surface area contributed by atoms with Gasteiger partial charge in [-0.25, -0.2) is 0 Å². The highest BCUT2D eigenvalue weighted by Gasteiger charge is 2.38. The lowest BCUT2D eigenvalue weighted by Crippen LogP contribution is -2.55. The number of para-hydroxylation sites is 1. The van der Waals surface area contributed by atoms with E-state index in [0.717, 1.165) is 31.6 Å². The Morgan fingerprint density at radius 2 is 1.68 bits per heavy atom. The molecule has 0 saturated carbocycles. The molecule has 2 aromatic rings. The first-order valence-corrected chi connectivity index (χ1v) is 10.2. The lowest BCUT2D eigenvalue weighted by molar-refractivity contribution is -0.124. The van der Waals surface area contributed by atoms with Crippen molar-refractivity contribution in [1.29, 1.82) is 0 Å². The first-order chi connectivity index (χ1) is 13.6. The molecule has 28 heavy (non-hydrogen) atoms. The Morgan fingerprint density at radius 3 is 2.29 bits per heavy atom. The van der Waals surface area contributed by atoms with Crippen LogP contribution in [0.25, 0.3) is 0 Å². The van der Waals surface area contributed by atoms with Crippen LogP contribution in [0.5, 0.6) is 0 Å². The largest absolute Gasteiger partial charge is 0.309 e. The fourth-order valence-electron chi connectivity index (χ4n) is 4.13. The number of piperidine rings is 1. The summed E-state index contributed by atoms with van der Waals surface area (Å²) in [5, 5.41) is 0. The van der Waals surface area contributed by atoms with E-state index >= 15 is 0 Å². The van der Waals surface area contributed by atoms with E-state index in [1.807, 2.05) is 48.2 Å². The number of hydrogen-bond donors (Lipinski definition) is 0. The van der Waals surface area contributed by atoms with Gasteiger partial charge in [-0.3, -0.25) is 9.59 Å². The lowest BCUT2D eigenvalue weighted by atomic mass is 9.87. The molecule has 0 spiro atoms. The van der Waals surface area contributed by atoms with E-state index in [0.29, 0.717) is 13.0 Å². The summed E-state index contributed by atoms with van der Waals surface area (Å²) in [7, 11) is 0. The van der Waals surface area contributed by atoms with Crippen LogP contribution in [0.2, 0.25) is 0 Å². The quantitative estimate of drug-likeness (QED) is 0.732. The van der Waals surface area contributed by atoms with Crippen LogP contribution in [0.4, 0.5) is 5.69 Å². The Morgan fingerprint density at radius 1 is 1.04 bits per heavy atom. The standard InChI is InChI=1S/C24H30N2O2/c1-3-24(28)26(21-12-8-5-9-13-21)23-15-17-25(18-22(23)19(2)27)16-14-20-10-6-4-7-11-20/h4-13,22-23H,3,14-18H2,1-2H3. The van der Waals surface area contributed by atoms with Crippen LogP contribution < -0.4 is 4.90 Å². The van der Waals surface area contributed by atoms with E-state index in [1.54, 1.807) is 6.92 Å². The Balaban J connectivity index is 1.74. The van der Waals surface area contributed by atoms with E-state index in [9.17, 15) is 9.59 Å². The van der Waals surface area contributed by atoms with Gasteiger partial charge in [-0.1, -0.05) is 55.5 Å². The molecule has 0 bridgehead atoms. The van der Waals surface area contributed by atoms with Crippen molar-refractivity contribution in [1.82, 2.24) is 4.90 Å². The summed E-state index contributed by atoms with van der Waals surface area (Å²) >= 11 is 0. The normalized spacial score (nSPS) is 19.9. The fraction of sp³-hybridized carbons (Fsp3) is 0.417. The zero-order chi connectivity index (χ0) is 19.9. The number of hydrogen-bond acceptors (Lipinski definition) is 3. The van der Waals surface area contributed by atoms with Crippen LogP contribution in [-0.2, 0) is 16.0 Å². The number of carbonyl (C=O) groups is 2. The third kappa shape index (κ3) is 4.87. The topological polar surface area (TPSA) is 40.6 Å². The Kier molecular flexibility index (Phi) is 6.99. The summed E-state index contributed by atoms with van der Waals surface area (Å²) < 4.78 is 0. The third-order valence-corrected chi connectivity index (χ3v) is 5.68. The van der Waals surface area contributed by atoms with Gasteiger partial charge in [0.25, 0.3) is 0 Å². The SMILES string of the molecule is CCC(=O)N(c1ccccc1)C1CCN(CCc2ccccc2)CC1C(C)=O. The zero-order valence-electron chi connectivity index (χ0n) is 16.9. The second-order valence-corrected chi connectivity index (χ2v) is 7.56. The molecular weight excluding hydrogens is 348 g/mol. The molecule has 0 N–H and O–H groups in total. The van der Waals surface area contributed by atoms with Crippen molar-refractivity contribution >= 4 is 17.4 Å². The highest BCUT2D eigenvalue weighted by molar-refractivity contribution is 5.95. The van der Waals surface area contributed by atoms with E-state index in [4.69, 9.17) is 0 Å². The Bertz CT molecular complexity index is 776. The van der Waals surface area contributed by atoms with Crippen LogP contribution in [0, 0.1) is 5.92 Å². The van der Waals surface area contributed by atoms with Crippen molar-refractivity contribution in [3.63, 3.8) is 0 Å². The molecular formula is C24H30N2O2. The van der Waals surface area contributed by atoms with E-state index in [2.05, 4.69) is 29.2 Å². The third-order valence-electron chi connectivity index (χ3n) is 5.68. The minimum atomic E-state index is -0.153. The average Bonchev–Trinajstić information content (AvgIpc) is 2.74. The van der Waals surface area contributed by atoms with Gasteiger partial charge in [0.15, 0.2) is 0 Å². The maximum Gasteiger partial charge on any atom is 0.226 e. The molecule has 2 aromatic carbocycles. The minimum absolute atomic E-state index is 0.0691. The molecule has 1 aliphatic rings. The molecule has 1 aliphatic heterocycles. The molecule has 3 rings (SSSR count). The molecule has 1 heterocycles. The predicted molar refractivity (Wildman–Crippen MR) is 113 cm³/mol. The van der Waals surface area contributed by atoms with E-state index in [-0.39, 0.29) is 23.7 Å². The van der Waals surface area contributed by atoms with Crippen LogP contribution in [0.1, 0.15) is 32.3 Å². The molecule has 0 aliphatic carbocycles. The van der Waals surface area contributed by atoms with Gasteiger partial charge in [0.2, 0.25) is 5.91 Å². The van der Waals surface area contributed by atoms with Gasteiger partial charge in [-0.15, -0.1) is 0 Å². The number of benzene rings is 2. The summed E-state index contributed by atoms with van der Waals surface area (Å²) in [4.78, 5) is 29.5. The van der Waals surface area contributed by atoms with Crippen molar-refractivity contribution in [3.05, 3.63) is 66.2 Å². The van der Waals surface area contributed by atoms with Gasteiger partial charge < -0.3 is 9.80 Å². The number of amides is 1. The maximum atomic E-state index is 12.8. The number of nitrogens with zero attached hydrogens (tertiary/aromatic N) is 2. The molecule has 4 heteroatoms. The Labute approximate surface area is 168 Å². The zero-order valence-corrected chi connectivity index (χ0v) is 16.9. The number of likely N-dealkylation sites (tertiary alicyclic amines) is 1. The van der Waals surface area contributed by atoms with Gasteiger partial charge in [0.1, 0.15) is 5.78 Å². The van der Waals surface area contributed by atoms with Crippen LogP contribution in [0.3, 0.4) is 0 Å². The van der Waals surface area contributed by atoms with Gasteiger partial charge in [-0.2, -0.15) is 0 Å².